The fraction of sp³-hybridized carbons (Fsp3) is 0.727. The molecule has 0 aliphatic heterocycles. The number of aromatic nitrogens is 3. The largest absolute Gasteiger partial charge is 0.375 e. The van der Waals surface area contributed by atoms with Crippen molar-refractivity contribution in [3.63, 3.8) is 0 Å². The lowest BCUT2D eigenvalue weighted by Crippen LogP contribution is -2.17. The van der Waals surface area contributed by atoms with Gasteiger partial charge in [-0.05, 0) is 34.0 Å². The van der Waals surface area contributed by atoms with Gasteiger partial charge in [0.05, 0.1) is 11.8 Å². The maximum atomic E-state index is 10.9. The maximum Gasteiger partial charge on any atom is 0.172 e. The lowest BCUT2D eigenvalue weighted by Gasteiger charge is -2.13. The first-order valence-electron chi connectivity index (χ1n) is 5.66. The van der Waals surface area contributed by atoms with Crippen molar-refractivity contribution in [2.75, 3.05) is 27.7 Å². The third kappa shape index (κ3) is 3.61. The van der Waals surface area contributed by atoms with Gasteiger partial charge in [0.2, 0.25) is 0 Å². The van der Waals surface area contributed by atoms with Gasteiger partial charge in [-0.3, -0.25) is 4.79 Å². The summed E-state index contributed by atoms with van der Waals surface area (Å²) in [4.78, 5) is 13.0. The van der Waals surface area contributed by atoms with Gasteiger partial charge >= 0.3 is 0 Å². The van der Waals surface area contributed by atoms with E-state index in [2.05, 4.69) is 15.2 Å². The minimum absolute atomic E-state index is 0.176. The third-order valence-electron chi connectivity index (χ3n) is 2.63. The Kier molecular flexibility index (Phi) is 5.24. The standard InChI is InChI=1S/C11H20N4O2/c1-9(17-4)11-10(8-16)12-13-15(11)7-5-6-14(2)3/h8-9H,5-7H2,1-4H3. The smallest absolute Gasteiger partial charge is 0.172 e. The van der Waals surface area contributed by atoms with Gasteiger partial charge in [0.25, 0.3) is 0 Å². The van der Waals surface area contributed by atoms with Crippen LogP contribution in [0.3, 0.4) is 0 Å². The quantitative estimate of drug-likeness (QED) is 0.658. The van der Waals surface area contributed by atoms with Gasteiger partial charge in [-0.15, -0.1) is 5.10 Å². The number of nitrogens with zero attached hydrogens (tertiary/aromatic N) is 4. The molecule has 1 rings (SSSR count). The molecule has 0 aliphatic carbocycles. The van der Waals surface area contributed by atoms with Crippen molar-refractivity contribution in [1.82, 2.24) is 19.9 Å². The Labute approximate surface area is 102 Å². The Morgan fingerprint density at radius 2 is 2.24 bits per heavy atom. The van der Waals surface area contributed by atoms with E-state index in [1.54, 1.807) is 11.8 Å². The average Bonchev–Trinajstić information content (AvgIpc) is 2.70. The van der Waals surface area contributed by atoms with Crippen molar-refractivity contribution in [1.29, 1.82) is 0 Å². The van der Waals surface area contributed by atoms with Crippen molar-refractivity contribution in [2.45, 2.75) is 26.0 Å². The van der Waals surface area contributed by atoms with Gasteiger partial charge in [0.1, 0.15) is 0 Å². The summed E-state index contributed by atoms with van der Waals surface area (Å²) in [6.45, 7) is 3.59. The summed E-state index contributed by atoms with van der Waals surface area (Å²) in [6, 6.07) is 0. The second kappa shape index (κ2) is 6.46. The summed E-state index contributed by atoms with van der Waals surface area (Å²) in [6.07, 6.45) is 1.50. The van der Waals surface area contributed by atoms with Crippen molar-refractivity contribution >= 4 is 6.29 Å². The van der Waals surface area contributed by atoms with Crippen LogP contribution >= 0.6 is 0 Å². The summed E-state index contributed by atoms with van der Waals surface area (Å²) in [5.41, 5.74) is 1.12. The normalized spacial score (nSPS) is 13.0. The molecule has 0 aromatic carbocycles. The van der Waals surface area contributed by atoms with Crippen LogP contribution in [0.15, 0.2) is 0 Å². The zero-order valence-corrected chi connectivity index (χ0v) is 10.9. The number of carbonyl (C=O) groups is 1. The lowest BCUT2D eigenvalue weighted by atomic mass is 10.2. The Morgan fingerprint density at radius 3 is 2.76 bits per heavy atom. The summed E-state index contributed by atoms with van der Waals surface area (Å²) in [5.74, 6) is 0. The molecule has 0 amide bonds. The first kappa shape index (κ1) is 13.8. The van der Waals surface area contributed by atoms with Gasteiger partial charge < -0.3 is 9.64 Å². The first-order chi connectivity index (χ1) is 8.10. The molecule has 6 heteroatoms. The Bertz CT molecular complexity index is 362. The molecule has 0 fully saturated rings. The van der Waals surface area contributed by atoms with Crippen LogP contribution in [0.4, 0.5) is 0 Å². The van der Waals surface area contributed by atoms with E-state index in [1.807, 2.05) is 21.0 Å². The van der Waals surface area contributed by atoms with E-state index >= 15 is 0 Å². The van der Waals surface area contributed by atoms with E-state index in [0.29, 0.717) is 5.69 Å². The number of rotatable bonds is 7. The predicted molar refractivity (Wildman–Crippen MR) is 64.0 cm³/mol. The minimum atomic E-state index is -0.176. The van der Waals surface area contributed by atoms with Crippen molar-refractivity contribution in [3.8, 4) is 0 Å². The molecular weight excluding hydrogens is 220 g/mol. The molecule has 1 atom stereocenters. The van der Waals surface area contributed by atoms with Crippen molar-refractivity contribution < 1.29 is 9.53 Å². The average molecular weight is 240 g/mol. The number of ether oxygens (including phenoxy) is 1. The maximum absolute atomic E-state index is 10.9. The van der Waals surface area contributed by atoms with E-state index in [4.69, 9.17) is 4.74 Å². The van der Waals surface area contributed by atoms with Crippen LogP contribution in [-0.2, 0) is 11.3 Å². The van der Waals surface area contributed by atoms with Crippen molar-refractivity contribution in [2.24, 2.45) is 0 Å². The molecule has 1 heterocycles. The minimum Gasteiger partial charge on any atom is -0.375 e. The summed E-state index contributed by atoms with van der Waals surface area (Å²) < 4.78 is 6.99. The summed E-state index contributed by atoms with van der Waals surface area (Å²) >= 11 is 0. The van der Waals surface area contributed by atoms with E-state index < -0.39 is 0 Å². The number of carbonyl (C=O) groups excluding carboxylic acids is 1. The molecule has 0 saturated carbocycles. The molecule has 1 unspecified atom stereocenters. The molecule has 1 aromatic rings. The molecule has 0 N–H and O–H groups in total. The monoisotopic (exact) mass is 240 g/mol. The fourth-order valence-corrected chi connectivity index (χ4v) is 1.65. The Hall–Kier alpha value is -1.27. The second-order valence-corrected chi connectivity index (χ2v) is 4.24. The van der Waals surface area contributed by atoms with Crippen LogP contribution in [0, 0.1) is 0 Å². The molecule has 96 valence electrons. The summed E-state index contributed by atoms with van der Waals surface area (Å²) in [7, 11) is 5.66. The third-order valence-corrected chi connectivity index (χ3v) is 2.63. The molecular formula is C11H20N4O2. The van der Waals surface area contributed by atoms with Gasteiger partial charge in [0, 0.05) is 13.7 Å². The van der Waals surface area contributed by atoms with Gasteiger partial charge in [-0.1, -0.05) is 5.21 Å². The van der Waals surface area contributed by atoms with E-state index in [-0.39, 0.29) is 6.10 Å². The molecule has 0 saturated heterocycles. The van der Waals surface area contributed by atoms with E-state index in [1.165, 1.54) is 0 Å². The zero-order valence-electron chi connectivity index (χ0n) is 10.9. The van der Waals surface area contributed by atoms with Crippen molar-refractivity contribution in [3.05, 3.63) is 11.4 Å². The highest BCUT2D eigenvalue weighted by Gasteiger charge is 2.18. The van der Waals surface area contributed by atoms with Crippen LogP contribution in [0.1, 0.15) is 35.6 Å². The van der Waals surface area contributed by atoms with Gasteiger partial charge in [0.15, 0.2) is 12.0 Å². The molecule has 0 bridgehead atoms. The second-order valence-electron chi connectivity index (χ2n) is 4.24. The lowest BCUT2D eigenvalue weighted by molar-refractivity contribution is 0.104. The number of hydrogen-bond acceptors (Lipinski definition) is 5. The Morgan fingerprint density at radius 1 is 1.53 bits per heavy atom. The highest BCUT2D eigenvalue weighted by molar-refractivity contribution is 5.73. The van der Waals surface area contributed by atoms with E-state index in [0.717, 1.165) is 31.5 Å². The molecule has 6 nitrogen and oxygen atoms in total. The van der Waals surface area contributed by atoms with Gasteiger partial charge in [-0.25, -0.2) is 4.68 Å². The highest BCUT2D eigenvalue weighted by atomic mass is 16.5. The predicted octanol–water partition coefficient (Wildman–Crippen LogP) is 0.750. The highest BCUT2D eigenvalue weighted by Crippen LogP contribution is 2.17. The van der Waals surface area contributed by atoms with Crippen LogP contribution in [-0.4, -0.2) is 53.9 Å². The molecule has 0 spiro atoms. The molecule has 17 heavy (non-hydrogen) atoms. The number of methoxy groups -OCH3 is 1. The van der Waals surface area contributed by atoms with Crippen LogP contribution in [0.2, 0.25) is 0 Å². The van der Waals surface area contributed by atoms with E-state index in [9.17, 15) is 4.79 Å². The molecule has 0 aliphatic rings. The molecule has 1 aromatic heterocycles. The topological polar surface area (TPSA) is 60.2 Å². The van der Waals surface area contributed by atoms with Crippen LogP contribution < -0.4 is 0 Å². The molecule has 0 radical (unpaired) electrons. The SMILES string of the molecule is COC(C)c1c(C=O)nnn1CCCN(C)C. The Balaban J connectivity index is 2.77. The summed E-state index contributed by atoms with van der Waals surface area (Å²) in [5, 5.41) is 7.84. The first-order valence-corrected chi connectivity index (χ1v) is 5.66. The van der Waals surface area contributed by atoms with Gasteiger partial charge in [-0.2, -0.15) is 0 Å². The number of aldehydes is 1. The fourth-order valence-electron chi connectivity index (χ4n) is 1.65. The van der Waals surface area contributed by atoms with Crippen LogP contribution in [0.25, 0.3) is 0 Å². The zero-order chi connectivity index (χ0) is 12.8. The number of aryl methyl sites for hydroxylation is 1. The van der Waals surface area contributed by atoms with Crippen LogP contribution in [0.5, 0.6) is 0 Å². The number of hydrogen-bond donors (Lipinski definition) is 0.